The molecule has 0 radical (unpaired) electrons. The number of aromatic nitrogens is 2. The molecular weight excluding hydrogens is 288 g/mol. The zero-order valence-electron chi connectivity index (χ0n) is 9.44. The van der Waals surface area contributed by atoms with E-state index < -0.39 is 0 Å². The topological polar surface area (TPSA) is 28.7 Å². The minimum Gasteiger partial charge on any atom is -0.353 e. The number of nitrogens with zero attached hydrogens (tertiary/aromatic N) is 1. The fraction of sp³-hybridized carbons (Fsp3) is 0. The van der Waals surface area contributed by atoms with Crippen molar-refractivity contribution in [3.05, 3.63) is 53.3 Å². The van der Waals surface area contributed by atoms with Crippen molar-refractivity contribution in [3.8, 4) is 0 Å². The lowest BCUT2D eigenvalue weighted by Gasteiger charge is -2.02. The molecule has 18 heavy (non-hydrogen) atoms. The zero-order chi connectivity index (χ0) is 12.1. The largest absolute Gasteiger partial charge is 0.353 e. The number of pyridine rings is 1. The van der Waals surface area contributed by atoms with Crippen molar-refractivity contribution in [1.82, 2.24) is 9.97 Å². The first-order valence-corrected chi connectivity index (χ1v) is 6.56. The Hall–Kier alpha value is -1.87. The number of fused-ring (bicyclic) bond motifs is 5. The van der Waals surface area contributed by atoms with Gasteiger partial charge in [0.1, 0.15) is 0 Å². The molecule has 3 heteroatoms. The summed E-state index contributed by atoms with van der Waals surface area (Å²) in [6, 6.07) is 12.6. The van der Waals surface area contributed by atoms with E-state index in [-0.39, 0.29) is 0 Å². The quantitative estimate of drug-likeness (QED) is 0.503. The number of hydrogen-bond donors (Lipinski definition) is 1. The molecule has 0 fully saturated rings. The van der Waals surface area contributed by atoms with Crippen molar-refractivity contribution in [2.24, 2.45) is 0 Å². The highest BCUT2D eigenvalue weighted by Crippen LogP contribution is 2.34. The SMILES string of the molecule is Brc1cccc2ccc3c4ccncc4[nH]c3c12. The molecule has 86 valence electrons. The minimum atomic E-state index is 1.08. The van der Waals surface area contributed by atoms with Gasteiger partial charge in [0.05, 0.1) is 17.2 Å². The smallest absolute Gasteiger partial charge is 0.0651 e. The summed E-state index contributed by atoms with van der Waals surface area (Å²) in [6.07, 6.45) is 3.71. The molecule has 0 atom stereocenters. The lowest BCUT2D eigenvalue weighted by Crippen LogP contribution is -1.77. The molecule has 0 spiro atoms. The van der Waals surface area contributed by atoms with Crippen LogP contribution in [0.4, 0.5) is 0 Å². The molecule has 2 aromatic carbocycles. The standard InChI is InChI=1S/C15H9BrN2/c16-12-3-1-2-9-4-5-11-10-6-7-17-8-13(10)18-15(11)14(9)12/h1-8,18H. The second-order valence-corrected chi connectivity index (χ2v) is 5.23. The second-order valence-electron chi connectivity index (χ2n) is 4.37. The fourth-order valence-corrected chi connectivity index (χ4v) is 3.13. The maximum atomic E-state index is 4.17. The summed E-state index contributed by atoms with van der Waals surface area (Å²) in [5.74, 6) is 0. The normalized spacial score (nSPS) is 11.6. The van der Waals surface area contributed by atoms with Gasteiger partial charge in [-0.3, -0.25) is 4.98 Å². The van der Waals surface area contributed by atoms with Crippen LogP contribution < -0.4 is 0 Å². The molecule has 2 aromatic heterocycles. The summed E-state index contributed by atoms with van der Waals surface area (Å²) in [6.45, 7) is 0. The first-order chi connectivity index (χ1) is 8.84. The van der Waals surface area contributed by atoms with E-state index in [1.807, 2.05) is 12.4 Å². The predicted octanol–water partition coefficient (Wildman–Crippen LogP) is 4.63. The maximum absolute atomic E-state index is 4.17. The van der Waals surface area contributed by atoms with Gasteiger partial charge in [-0.1, -0.05) is 40.2 Å². The van der Waals surface area contributed by atoms with Crippen molar-refractivity contribution >= 4 is 48.5 Å². The first-order valence-electron chi connectivity index (χ1n) is 5.77. The van der Waals surface area contributed by atoms with E-state index in [9.17, 15) is 0 Å². The number of H-pyrrole nitrogens is 1. The molecule has 1 N–H and O–H groups in total. The van der Waals surface area contributed by atoms with Gasteiger partial charge < -0.3 is 4.98 Å². The van der Waals surface area contributed by atoms with Crippen LogP contribution in [-0.2, 0) is 0 Å². The van der Waals surface area contributed by atoms with Crippen molar-refractivity contribution in [3.63, 3.8) is 0 Å². The summed E-state index contributed by atoms with van der Waals surface area (Å²) < 4.78 is 1.12. The van der Waals surface area contributed by atoms with Gasteiger partial charge in [-0.05, 0) is 17.5 Å². The summed E-state index contributed by atoms with van der Waals surface area (Å²) >= 11 is 3.64. The summed E-state index contributed by atoms with van der Waals surface area (Å²) in [5, 5.41) is 4.92. The Labute approximate surface area is 112 Å². The lowest BCUT2D eigenvalue weighted by molar-refractivity contribution is 1.35. The second kappa shape index (κ2) is 3.56. The van der Waals surface area contributed by atoms with E-state index in [0.717, 1.165) is 9.99 Å². The van der Waals surface area contributed by atoms with Crippen molar-refractivity contribution in [2.45, 2.75) is 0 Å². The van der Waals surface area contributed by atoms with Crippen LogP contribution in [0.2, 0.25) is 0 Å². The predicted molar refractivity (Wildman–Crippen MR) is 78.8 cm³/mol. The molecule has 2 nitrogen and oxygen atoms in total. The van der Waals surface area contributed by atoms with Gasteiger partial charge in [-0.15, -0.1) is 0 Å². The highest BCUT2D eigenvalue weighted by atomic mass is 79.9. The van der Waals surface area contributed by atoms with E-state index in [1.165, 1.54) is 27.1 Å². The molecule has 0 unspecified atom stereocenters. The van der Waals surface area contributed by atoms with E-state index in [0.29, 0.717) is 0 Å². The molecule has 4 rings (SSSR count). The first kappa shape index (κ1) is 10.1. The summed E-state index contributed by atoms with van der Waals surface area (Å²) in [5.41, 5.74) is 2.25. The number of aromatic amines is 1. The molecule has 4 aromatic rings. The van der Waals surface area contributed by atoms with E-state index in [4.69, 9.17) is 0 Å². The Morgan fingerprint density at radius 2 is 1.94 bits per heavy atom. The molecule has 0 aliphatic heterocycles. The van der Waals surface area contributed by atoms with E-state index in [1.54, 1.807) is 0 Å². The van der Waals surface area contributed by atoms with Gasteiger partial charge in [0.2, 0.25) is 0 Å². The van der Waals surface area contributed by atoms with Gasteiger partial charge in [0, 0.05) is 26.8 Å². The Kier molecular flexibility index (Phi) is 2.00. The van der Waals surface area contributed by atoms with Crippen LogP contribution >= 0.6 is 15.9 Å². The highest BCUT2D eigenvalue weighted by molar-refractivity contribution is 9.10. The maximum Gasteiger partial charge on any atom is 0.0651 e. The number of halogens is 1. The van der Waals surface area contributed by atoms with Crippen molar-refractivity contribution in [2.75, 3.05) is 0 Å². The molecule has 0 saturated heterocycles. The monoisotopic (exact) mass is 296 g/mol. The van der Waals surface area contributed by atoms with Crippen LogP contribution in [0.15, 0.2) is 53.3 Å². The van der Waals surface area contributed by atoms with Crippen LogP contribution in [-0.4, -0.2) is 9.97 Å². The zero-order valence-corrected chi connectivity index (χ0v) is 11.0. The molecule has 2 heterocycles. The fourth-order valence-electron chi connectivity index (χ4n) is 2.55. The molecular formula is C15H9BrN2. The third kappa shape index (κ3) is 1.25. The number of rotatable bonds is 0. The number of hydrogen-bond acceptors (Lipinski definition) is 1. The summed E-state index contributed by atoms with van der Waals surface area (Å²) in [4.78, 5) is 7.64. The van der Waals surface area contributed by atoms with Crippen LogP contribution in [0.3, 0.4) is 0 Å². The third-order valence-electron chi connectivity index (χ3n) is 3.37. The molecule has 0 saturated carbocycles. The van der Waals surface area contributed by atoms with Crippen LogP contribution in [0.1, 0.15) is 0 Å². The van der Waals surface area contributed by atoms with Gasteiger partial charge in [0.15, 0.2) is 0 Å². The Morgan fingerprint density at radius 1 is 1.00 bits per heavy atom. The van der Waals surface area contributed by atoms with Gasteiger partial charge in [0.25, 0.3) is 0 Å². The average molecular weight is 297 g/mol. The number of benzene rings is 2. The molecule has 0 aliphatic rings. The Balaban J connectivity index is 2.35. The van der Waals surface area contributed by atoms with Gasteiger partial charge in [-0.25, -0.2) is 0 Å². The Bertz CT molecular complexity index is 893. The minimum absolute atomic E-state index is 1.08. The van der Waals surface area contributed by atoms with E-state index >= 15 is 0 Å². The average Bonchev–Trinajstić information content (AvgIpc) is 2.77. The van der Waals surface area contributed by atoms with Crippen LogP contribution in [0.25, 0.3) is 32.6 Å². The molecule has 0 amide bonds. The highest BCUT2D eigenvalue weighted by Gasteiger charge is 2.09. The lowest BCUT2D eigenvalue weighted by atomic mass is 10.1. The van der Waals surface area contributed by atoms with Crippen LogP contribution in [0, 0.1) is 0 Å². The number of nitrogens with one attached hydrogen (secondary N) is 1. The van der Waals surface area contributed by atoms with Crippen molar-refractivity contribution < 1.29 is 0 Å². The van der Waals surface area contributed by atoms with Gasteiger partial charge >= 0.3 is 0 Å². The van der Waals surface area contributed by atoms with Gasteiger partial charge in [-0.2, -0.15) is 0 Å². The Morgan fingerprint density at radius 3 is 2.89 bits per heavy atom. The molecule has 0 aliphatic carbocycles. The third-order valence-corrected chi connectivity index (χ3v) is 4.03. The van der Waals surface area contributed by atoms with E-state index in [2.05, 4.69) is 62.3 Å². The van der Waals surface area contributed by atoms with Crippen molar-refractivity contribution in [1.29, 1.82) is 0 Å². The molecule has 0 bridgehead atoms. The summed E-state index contributed by atoms with van der Waals surface area (Å²) in [7, 11) is 0. The van der Waals surface area contributed by atoms with Crippen LogP contribution in [0.5, 0.6) is 0 Å².